The molecule has 222 valence electrons. The lowest BCUT2D eigenvalue weighted by Gasteiger charge is -2.22. The minimum Gasteiger partial charge on any atom is -0.309 e. The molecule has 0 aromatic heterocycles. The Hall–Kier alpha value is -5.75. The predicted molar refractivity (Wildman–Crippen MR) is 205 cm³/mol. The van der Waals surface area contributed by atoms with Crippen molar-refractivity contribution in [2.75, 3.05) is 0 Å². The van der Waals surface area contributed by atoms with Crippen molar-refractivity contribution in [1.82, 2.24) is 0 Å². The van der Waals surface area contributed by atoms with Crippen LogP contribution in [-0.4, -0.2) is 0 Å². The maximum absolute atomic E-state index is 16.0. The van der Waals surface area contributed by atoms with Crippen molar-refractivity contribution in [2.45, 2.75) is 0 Å². The highest BCUT2D eigenvalue weighted by Gasteiger charge is 2.34. The highest BCUT2D eigenvalue weighted by atomic mass is 31.2. The molecule has 0 spiro atoms. The van der Waals surface area contributed by atoms with Gasteiger partial charge in [-0.2, -0.15) is 0 Å². The van der Waals surface area contributed by atoms with E-state index in [0.29, 0.717) is 0 Å². The number of fused-ring (bicyclic) bond motifs is 10. The van der Waals surface area contributed by atoms with Gasteiger partial charge in [0.1, 0.15) is 0 Å². The van der Waals surface area contributed by atoms with Gasteiger partial charge in [-0.05, 0) is 112 Å². The van der Waals surface area contributed by atoms with Crippen molar-refractivity contribution < 1.29 is 4.57 Å². The van der Waals surface area contributed by atoms with Crippen LogP contribution in [-0.2, 0) is 4.57 Å². The second kappa shape index (κ2) is 9.41. The minimum atomic E-state index is -3.27. The first-order chi connectivity index (χ1) is 23.7. The van der Waals surface area contributed by atoms with E-state index >= 15 is 4.57 Å². The molecule has 0 N–H and O–H groups in total. The van der Waals surface area contributed by atoms with Gasteiger partial charge in [0.15, 0.2) is 7.14 Å². The molecule has 9 aromatic carbocycles. The number of hydrogen-bond acceptors (Lipinski definition) is 1. The molecule has 1 nitrogen and oxygen atoms in total. The average Bonchev–Trinajstić information content (AvgIpc) is 3.65. The summed E-state index contributed by atoms with van der Waals surface area (Å²) in [5.74, 6) is 0. The standard InChI is InChI=1S/C46H27OP/c47-48(30-12-2-1-3-13-30,31-20-22-35-41(26-31)39-18-8-16-37-33-14-6-4-10-28(33)24-43(35)45(37)39)32-21-23-36-42(27-32)40-19-9-17-38-34-15-7-5-11-29(34)25-44(36)46(38)40/h1-27H. The Balaban J connectivity index is 1.15. The van der Waals surface area contributed by atoms with Crippen molar-refractivity contribution in [3.05, 3.63) is 164 Å². The molecule has 0 fully saturated rings. The van der Waals surface area contributed by atoms with E-state index in [1.54, 1.807) is 0 Å². The molecule has 0 heterocycles. The van der Waals surface area contributed by atoms with E-state index in [4.69, 9.17) is 0 Å². The Bertz CT molecular complexity index is 2740. The summed E-state index contributed by atoms with van der Waals surface area (Å²) >= 11 is 0. The maximum Gasteiger partial charge on any atom is 0.171 e. The van der Waals surface area contributed by atoms with Gasteiger partial charge in [-0.15, -0.1) is 0 Å². The number of hydrogen-bond donors (Lipinski definition) is 0. The third-order valence-corrected chi connectivity index (χ3v) is 13.8. The Morgan fingerprint density at radius 1 is 0.292 bits per heavy atom. The average molecular weight is 627 g/mol. The van der Waals surface area contributed by atoms with Gasteiger partial charge in [-0.1, -0.05) is 140 Å². The Morgan fingerprint density at radius 2 is 0.750 bits per heavy atom. The summed E-state index contributed by atoms with van der Waals surface area (Å²) in [7, 11) is -3.27. The molecule has 9 aromatic rings. The first-order valence-electron chi connectivity index (χ1n) is 16.5. The maximum atomic E-state index is 16.0. The van der Waals surface area contributed by atoms with E-state index in [1.807, 2.05) is 30.3 Å². The van der Waals surface area contributed by atoms with Gasteiger partial charge in [0.25, 0.3) is 0 Å². The molecule has 0 unspecified atom stereocenters. The van der Waals surface area contributed by atoms with Crippen LogP contribution in [0, 0.1) is 0 Å². The monoisotopic (exact) mass is 626 g/mol. The molecule has 2 aliphatic carbocycles. The zero-order chi connectivity index (χ0) is 31.6. The van der Waals surface area contributed by atoms with Crippen molar-refractivity contribution in [2.24, 2.45) is 0 Å². The second-order valence-electron chi connectivity index (χ2n) is 13.2. The topological polar surface area (TPSA) is 17.1 Å². The smallest absolute Gasteiger partial charge is 0.171 e. The van der Waals surface area contributed by atoms with Gasteiger partial charge >= 0.3 is 0 Å². The molecule has 0 saturated carbocycles. The SMILES string of the molecule is O=P(c1ccccc1)(c1ccc2c(c1)-c1cccc3c1c-2cc1ccccc13)c1ccc2c(c1)-c1cccc3c1c-2cc1ccccc13. The van der Waals surface area contributed by atoms with E-state index < -0.39 is 7.14 Å². The fraction of sp³-hybridized carbons (Fsp3) is 0. The van der Waals surface area contributed by atoms with E-state index in [2.05, 4.69) is 133 Å². The molecule has 0 saturated heterocycles. The summed E-state index contributed by atoms with van der Waals surface area (Å²) in [6.45, 7) is 0. The fourth-order valence-electron chi connectivity index (χ4n) is 8.66. The molecule has 2 aliphatic rings. The molecular weight excluding hydrogens is 599 g/mol. The Kier molecular flexibility index (Phi) is 5.17. The van der Waals surface area contributed by atoms with Crippen LogP contribution in [0.25, 0.3) is 87.6 Å². The molecule has 0 bridgehead atoms. The predicted octanol–water partition coefficient (Wildman–Crippen LogP) is 11.2. The van der Waals surface area contributed by atoms with Crippen LogP contribution in [0.5, 0.6) is 0 Å². The molecular formula is C46H27OP. The Labute approximate surface area is 278 Å². The van der Waals surface area contributed by atoms with Crippen molar-refractivity contribution in [1.29, 1.82) is 0 Å². The number of rotatable bonds is 3. The van der Waals surface area contributed by atoms with Crippen LogP contribution in [0.3, 0.4) is 0 Å². The first-order valence-corrected chi connectivity index (χ1v) is 18.2. The molecule has 2 heteroatoms. The highest BCUT2D eigenvalue weighted by molar-refractivity contribution is 7.85. The summed E-state index contributed by atoms with van der Waals surface area (Å²) in [4.78, 5) is 0. The molecule has 0 atom stereocenters. The quantitative estimate of drug-likeness (QED) is 0.141. The fourth-order valence-corrected chi connectivity index (χ4v) is 11.3. The summed E-state index contributed by atoms with van der Waals surface area (Å²) in [6, 6.07) is 58.3. The lowest BCUT2D eigenvalue weighted by atomic mass is 9.97. The zero-order valence-electron chi connectivity index (χ0n) is 25.9. The van der Waals surface area contributed by atoms with Gasteiger partial charge in [0, 0.05) is 15.9 Å². The largest absolute Gasteiger partial charge is 0.309 e. The summed E-state index contributed by atoms with van der Waals surface area (Å²) in [6.07, 6.45) is 0. The van der Waals surface area contributed by atoms with E-state index in [-0.39, 0.29) is 0 Å². The van der Waals surface area contributed by atoms with Crippen LogP contribution >= 0.6 is 7.14 Å². The lowest BCUT2D eigenvalue weighted by molar-refractivity contribution is 0.592. The highest BCUT2D eigenvalue weighted by Crippen LogP contribution is 2.54. The van der Waals surface area contributed by atoms with Crippen LogP contribution in [0.15, 0.2) is 164 Å². The van der Waals surface area contributed by atoms with Gasteiger partial charge in [-0.25, -0.2) is 0 Å². The van der Waals surface area contributed by atoms with E-state index in [1.165, 1.54) is 76.5 Å². The summed E-state index contributed by atoms with van der Waals surface area (Å²) in [5.41, 5.74) is 9.67. The Morgan fingerprint density at radius 3 is 1.27 bits per heavy atom. The van der Waals surface area contributed by atoms with Gasteiger partial charge < -0.3 is 4.57 Å². The van der Waals surface area contributed by atoms with Crippen LogP contribution < -0.4 is 15.9 Å². The zero-order valence-corrected chi connectivity index (χ0v) is 26.8. The minimum absolute atomic E-state index is 0.851. The molecule has 0 amide bonds. The molecule has 0 radical (unpaired) electrons. The third-order valence-electron chi connectivity index (χ3n) is 10.8. The molecule has 11 rings (SSSR count). The van der Waals surface area contributed by atoms with E-state index in [9.17, 15) is 0 Å². The van der Waals surface area contributed by atoms with Gasteiger partial charge in [0.2, 0.25) is 0 Å². The van der Waals surface area contributed by atoms with Crippen LogP contribution in [0.1, 0.15) is 0 Å². The molecule has 48 heavy (non-hydrogen) atoms. The normalized spacial score (nSPS) is 12.7. The first kappa shape index (κ1) is 26.3. The van der Waals surface area contributed by atoms with Gasteiger partial charge in [0.05, 0.1) is 0 Å². The third kappa shape index (κ3) is 3.34. The van der Waals surface area contributed by atoms with Crippen molar-refractivity contribution in [3.63, 3.8) is 0 Å². The van der Waals surface area contributed by atoms with E-state index in [0.717, 1.165) is 27.0 Å². The van der Waals surface area contributed by atoms with Crippen LogP contribution in [0.4, 0.5) is 0 Å². The molecule has 0 aliphatic heterocycles. The lowest BCUT2D eigenvalue weighted by Crippen LogP contribution is -2.25. The van der Waals surface area contributed by atoms with Crippen molar-refractivity contribution >= 4 is 66.1 Å². The second-order valence-corrected chi connectivity index (χ2v) is 15.9. The summed E-state index contributed by atoms with van der Waals surface area (Å²) < 4.78 is 16.0. The van der Waals surface area contributed by atoms with Gasteiger partial charge in [-0.3, -0.25) is 0 Å². The summed E-state index contributed by atoms with van der Waals surface area (Å²) in [5, 5.41) is 12.7. The van der Waals surface area contributed by atoms with Crippen LogP contribution in [0.2, 0.25) is 0 Å². The number of benzene rings is 9. The van der Waals surface area contributed by atoms with Crippen molar-refractivity contribution in [3.8, 4) is 44.5 Å².